The molecule has 0 saturated carbocycles. The Morgan fingerprint density at radius 2 is 1.95 bits per heavy atom. The smallest absolute Gasteiger partial charge is 0.191 e. The van der Waals surface area contributed by atoms with Crippen LogP contribution in [-0.2, 0) is 11.2 Å². The second-order valence-corrected chi connectivity index (χ2v) is 4.85. The maximum Gasteiger partial charge on any atom is 0.191 e. The average Bonchev–Trinajstić information content (AvgIpc) is 2.45. The monoisotopic (exact) mass is 425 g/mol. The largest absolute Gasteiger partial charge is 0.385 e. The minimum Gasteiger partial charge on any atom is -0.385 e. The van der Waals surface area contributed by atoms with Gasteiger partial charge in [0, 0.05) is 38.4 Å². The lowest BCUT2D eigenvalue weighted by molar-refractivity contribution is 0.197. The Hall–Kier alpha value is -0.530. The van der Waals surface area contributed by atoms with Crippen LogP contribution in [0.3, 0.4) is 0 Å². The molecule has 2 N–H and O–H groups in total. The Kier molecular flexibility index (Phi) is 12.8. The van der Waals surface area contributed by atoms with Crippen LogP contribution >= 0.6 is 35.6 Å². The standard InChI is InChI=1S/C15H24ClN3O.HI/c1-3-17-15(18-10-4-12-20-2)19-11-9-13-5-7-14(16)8-6-13;/h5-8H,3-4,9-12H2,1-2H3,(H2,17,18,19);1H. The van der Waals surface area contributed by atoms with Crippen molar-refractivity contribution in [3.63, 3.8) is 0 Å². The van der Waals surface area contributed by atoms with Crippen LogP contribution in [0.1, 0.15) is 18.9 Å². The van der Waals surface area contributed by atoms with Gasteiger partial charge in [-0.05, 0) is 37.5 Å². The summed E-state index contributed by atoms with van der Waals surface area (Å²) < 4.78 is 5.01. The number of halogens is 2. The van der Waals surface area contributed by atoms with Crippen molar-refractivity contribution < 1.29 is 4.74 Å². The topological polar surface area (TPSA) is 45.7 Å². The van der Waals surface area contributed by atoms with Gasteiger partial charge in [0.05, 0.1) is 0 Å². The molecule has 0 fully saturated rings. The molecule has 4 nitrogen and oxygen atoms in total. The number of guanidine groups is 1. The molecule has 0 heterocycles. The van der Waals surface area contributed by atoms with E-state index in [0.29, 0.717) is 0 Å². The summed E-state index contributed by atoms with van der Waals surface area (Å²) in [6.07, 6.45) is 1.88. The van der Waals surface area contributed by atoms with Crippen molar-refractivity contribution in [2.45, 2.75) is 19.8 Å². The number of rotatable bonds is 8. The van der Waals surface area contributed by atoms with E-state index >= 15 is 0 Å². The van der Waals surface area contributed by atoms with Crippen molar-refractivity contribution in [2.24, 2.45) is 4.99 Å². The van der Waals surface area contributed by atoms with Gasteiger partial charge in [0.1, 0.15) is 0 Å². The van der Waals surface area contributed by atoms with Crippen LogP contribution in [-0.4, -0.2) is 39.3 Å². The summed E-state index contributed by atoms with van der Waals surface area (Å²) in [6, 6.07) is 7.93. The van der Waals surface area contributed by atoms with Gasteiger partial charge in [0.2, 0.25) is 0 Å². The van der Waals surface area contributed by atoms with Crippen molar-refractivity contribution >= 4 is 41.5 Å². The van der Waals surface area contributed by atoms with Gasteiger partial charge in [-0.15, -0.1) is 24.0 Å². The predicted octanol–water partition coefficient (Wildman–Crippen LogP) is 3.09. The molecule has 21 heavy (non-hydrogen) atoms. The van der Waals surface area contributed by atoms with Crippen LogP contribution in [0.25, 0.3) is 0 Å². The minimum absolute atomic E-state index is 0. The van der Waals surface area contributed by atoms with E-state index in [2.05, 4.69) is 22.5 Å². The van der Waals surface area contributed by atoms with Crippen LogP contribution in [0, 0.1) is 0 Å². The second kappa shape index (κ2) is 13.2. The summed E-state index contributed by atoms with van der Waals surface area (Å²) in [4.78, 5) is 4.49. The zero-order chi connectivity index (χ0) is 14.6. The molecule has 0 amide bonds. The minimum atomic E-state index is 0. The van der Waals surface area contributed by atoms with Gasteiger partial charge in [0.25, 0.3) is 0 Å². The molecule has 0 aromatic heterocycles. The first-order valence-electron chi connectivity index (χ1n) is 7.01. The molecule has 0 saturated heterocycles. The van der Waals surface area contributed by atoms with Crippen LogP contribution in [0.5, 0.6) is 0 Å². The van der Waals surface area contributed by atoms with Gasteiger partial charge < -0.3 is 15.4 Å². The fraction of sp³-hybridized carbons (Fsp3) is 0.533. The molecule has 6 heteroatoms. The molecule has 1 aromatic rings. The quantitative estimate of drug-likeness (QED) is 0.291. The summed E-state index contributed by atoms with van der Waals surface area (Å²) in [5.41, 5.74) is 1.26. The first-order chi connectivity index (χ1) is 9.76. The average molecular weight is 426 g/mol. The van der Waals surface area contributed by atoms with Gasteiger partial charge in [-0.2, -0.15) is 0 Å². The van der Waals surface area contributed by atoms with E-state index in [9.17, 15) is 0 Å². The fourth-order valence-corrected chi connectivity index (χ4v) is 1.84. The summed E-state index contributed by atoms with van der Waals surface area (Å²) in [5, 5.41) is 7.33. The van der Waals surface area contributed by atoms with E-state index in [4.69, 9.17) is 16.3 Å². The number of methoxy groups -OCH3 is 1. The third-order valence-electron chi connectivity index (χ3n) is 2.74. The van der Waals surface area contributed by atoms with Gasteiger partial charge >= 0.3 is 0 Å². The Bertz CT molecular complexity index is 398. The van der Waals surface area contributed by atoms with E-state index in [0.717, 1.165) is 50.1 Å². The summed E-state index contributed by atoms with van der Waals surface area (Å²) in [6.45, 7) is 5.28. The number of hydrogen-bond donors (Lipinski definition) is 2. The molecule has 0 radical (unpaired) electrons. The van der Waals surface area contributed by atoms with Crippen molar-refractivity contribution in [3.05, 3.63) is 34.9 Å². The number of benzene rings is 1. The third-order valence-corrected chi connectivity index (χ3v) is 2.99. The maximum atomic E-state index is 5.87. The normalized spacial score (nSPS) is 10.9. The highest BCUT2D eigenvalue weighted by Gasteiger charge is 1.98. The molecule has 0 atom stereocenters. The fourth-order valence-electron chi connectivity index (χ4n) is 1.72. The van der Waals surface area contributed by atoms with E-state index in [1.807, 2.05) is 24.3 Å². The molecule has 0 aliphatic heterocycles. The molecular formula is C15H25ClIN3O. The molecule has 120 valence electrons. The third kappa shape index (κ3) is 9.92. The zero-order valence-corrected chi connectivity index (χ0v) is 15.8. The predicted molar refractivity (Wildman–Crippen MR) is 101 cm³/mol. The molecular weight excluding hydrogens is 401 g/mol. The van der Waals surface area contributed by atoms with E-state index in [1.54, 1.807) is 7.11 Å². The highest BCUT2D eigenvalue weighted by Crippen LogP contribution is 2.09. The van der Waals surface area contributed by atoms with Gasteiger partial charge in [-0.1, -0.05) is 23.7 Å². The molecule has 0 bridgehead atoms. The van der Waals surface area contributed by atoms with Crippen molar-refractivity contribution in [1.82, 2.24) is 10.6 Å². The molecule has 0 unspecified atom stereocenters. The van der Waals surface area contributed by atoms with Crippen LogP contribution < -0.4 is 10.6 Å². The van der Waals surface area contributed by atoms with E-state index < -0.39 is 0 Å². The molecule has 0 aliphatic carbocycles. The maximum absolute atomic E-state index is 5.87. The molecule has 0 aliphatic rings. The summed E-state index contributed by atoms with van der Waals surface area (Å²) >= 11 is 5.87. The SMILES string of the molecule is CCNC(=NCCCOC)NCCc1ccc(Cl)cc1.I. The van der Waals surface area contributed by atoms with Crippen molar-refractivity contribution in [3.8, 4) is 0 Å². The van der Waals surface area contributed by atoms with Crippen molar-refractivity contribution in [2.75, 3.05) is 33.4 Å². The Morgan fingerprint density at radius 1 is 1.24 bits per heavy atom. The van der Waals surface area contributed by atoms with Gasteiger partial charge in [-0.25, -0.2) is 0 Å². The van der Waals surface area contributed by atoms with Crippen LogP contribution in [0.15, 0.2) is 29.3 Å². The Balaban J connectivity index is 0.00000400. The van der Waals surface area contributed by atoms with Crippen LogP contribution in [0.4, 0.5) is 0 Å². The number of aliphatic imine (C=N–C) groups is 1. The zero-order valence-electron chi connectivity index (χ0n) is 12.7. The molecule has 1 aromatic carbocycles. The number of ether oxygens (including phenoxy) is 1. The second-order valence-electron chi connectivity index (χ2n) is 4.41. The summed E-state index contributed by atoms with van der Waals surface area (Å²) in [5.74, 6) is 0.859. The lowest BCUT2D eigenvalue weighted by atomic mass is 10.1. The van der Waals surface area contributed by atoms with Gasteiger partial charge in [-0.3, -0.25) is 4.99 Å². The summed E-state index contributed by atoms with van der Waals surface area (Å²) in [7, 11) is 1.71. The Morgan fingerprint density at radius 3 is 2.57 bits per heavy atom. The number of nitrogens with one attached hydrogen (secondary N) is 2. The first-order valence-corrected chi connectivity index (χ1v) is 7.39. The number of hydrogen-bond acceptors (Lipinski definition) is 2. The molecule has 1 rings (SSSR count). The van der Waals surface area contributed by atoms with Crippen LogP contribution in [0.2, 0.25) is 5.02 Å². The Labute approximate surface area is 149 Å². The van der Waals surface area contributed by atoms with Crippen molar-refractivity contribution in [1.29, 1.82) is 0 Å². The van der Waals surface area contributed by atoms with Gasteiger partial charge in [0.15, 0.2) is 5.96 Å². The lowest BCUT2D eigenvalue weighted by Gasteiger charge is -2.11. The van der Waals surface area contributed by atoms with E-state index in [-0.39, 0.29) is 24.0 Å². The highest BCUT2D eigenvalue weighted by molar-refractivity contribution is 14.0. The molecule has 0 spiro atoms. The first kappa shape index (κ1) is 20.5. The highest BCUT2D eigenvalue weighted by atomic mass is 127. The van der Waals surface area contributed by atoms with E-state index in [1.165, 1.54) is 5.56 Å². The number of nitrogens with zero attached hydrogens (tertiary/aromatic N) is 1. The lowest BCUT2D eigenvalue weighted by Crippen LogP contribution is -2.38.